The van der Waals surface area contributed by atoms with Crippen LogP contribution in [0, 0.1) is 0 Å². The second kappa shape index (κ2) is 21.0. The van der Waals surface area contributed by atoms with Crippen molar-refractivity contribution >= 4 is 39.4 Å². The predicted molar refractivity (Wildman–Crippen MR) is 189 cm³/mol. The number of rotatable bonds is 19. The molecule has 0 radical (unpaired) electrons. The van der Waals surface area contributed by atoms with Crippen LogP contribution in [0.1, 0.15) is 23.6 Å². The molecule has 14 heteroatoms. The number of amides is 2. The van der Waals surface area contributed by atoms with Gasteiger partial charge in [-0.25, -0.2) is 4.79 Å². The largest absolute Gasteiger partial charge is 0.467 e. The first kappa shape index (κ1) is 39.3. The van der Waals surface area contributed by atoms with Gasteiger partial charge in [0.25, 0.3) is 0 Å². The number of methoxy groups -OCH3 is 1. The van der Waals surface area contributed by atoms with E-state index in [0.29, 0.717) is 6.61 Å². The molecule has 0 spiro atoms. The van der Waals surface area contributed by atoms with Crippen molar-refractivity contribution in [3.05, 3.63) is 108 Å². The van der Waals surface area contributed by atoms with Gasteiger partial charge < -0.3 is 44.5 Å². The van der Waals surface area contributed by atoms with Crippen LogP contribution in [0.5, 0.6) is 0 Å². The third kappa shape index (κ3) is 12.4. The maximum Gasteiger partial charge on any atom is 0.330 e. The summed E-state index contributed by atoms with van der Waals surface area (Å²) in [7, 11) is 3.58. The van der Waals surface area contributed by atoms with E-state index in [2.05, 4.69) is 15.4 Å². The molecule has 7 unspecified atom stereocenters. The third-order valence-electron chi connectivity index (χ3n) is 7.66. The Hall–Kier alpha value is -3.47. The number of carbonyl (C=O) groups excluding carboxylic acids is 3. The molecule has 1 fully saturated rings. The van der Waals surface area contributed by atoms with E-state index in [1.54, 1.807) is 0 Å². The predicted octanol–water partition coefficient (Wildman–Crippen LogP) is 3.00. The molecule has 50 heavy (non-hydrogen) atoms. The van der Waals surface area contributed by atoms with E-state index in [9.17, 15) is 24.6 Å². The topological polar surface area (TPSA) is 162 Å². The van der Waals surface area contributed by atoms with Gasteiger partial charge in [0.05, 0.1) is 40.1 Å². The standard InChI is InChI=1S/C36H44N2O10S2/c1-24(40)37-29(34(42)38-28(18-39)35(43)44-2)23-49-50-36-33(47-21-27-16-10-5-11-17-27)31(41)32(46-20-26-14-8-4-9-15-26)30(48-36)22-45-19-25-12-6-3-7-13-25/h3-17,28-33,36,39,41H,18-23H2,1-2H3,(H,37,40)(H,38,42). The van der Waals surface area contributed by atoms with Gasteiger partial charge in [-0.05, 0) is 16.7 Å². The van der Waals surface area contributed by atoms with E-state index in [1.165, 1.54) is 28.5 Å². The van der Waals surface area contributed by atoms with E-state index in [-0.39, 0.29) is 25.6 Å². The van der Waals surface area contributed by atoms with Crippen molar-refractivity contribution in [2.24, 2.45) is 0 Å². The van der Waals surface area contributed by atoms with Crippen LogP contribution in [-0.2, 0) is 57.9 Å². The summed E-state index contributed by atoms with van der Waals surface area (Å²) >= 11 is 0. The summed E-state index contributed by atoms with van der Waals surface area (Å²) in [6.45, 7) is 1.46. The lowest BCUT2D eigenvalue weighted by Crippen LogP contribution is -2.59. The fourth-order valence-electron chi connectivity index (χ4n) is 5.09. The Morgan fingerprint density at radius 1 is 0.800 bits per heavy atom. The zero-order valence-corrected chi connectivity index (χ0v) is 29.6. The van der Waals surface area contributed by atoms with Crippen LogP contribution in [0.3, 0.4) is 0 Å². The van der Waals surface area contributed by atoms with Crippen molar-refractivity contribution in [3.63, 3.8) is 0 Å². The molecule has 0 bridgehead atoms. The van der Waals surface area contributed by atoms with Crippen LogP contribution in [0.15, 0.2) is 91.0 Å². The van der Waals surface area contributed by atoms with Gasteiger partial charge in [0, 0.05) is 12.7 Å². The van der Waals surface area contributed by atoms with E-state index in [4.69, 9.17) is 18.9 Å². The van der Waals surface area contributed by atoms with Crippen LogP contribution in [-0.4, -0.2) is 96.0 Å². The molecular formula is C36H44N2O10S2. The van der Waals surface area contributed by atoms with E-state index in [1.807, 2.05) is 91.0 Å². The summed E-state index contributed by atoms with van der Waals surface area (Å²) in [5.41, 5.74) is 2.06. The molecule has 0 aromatic heterocycles. The highest BCUT2D eigenvalue weighted by Gasteiger charge is 2.47. The Labute approximate surface area is 299 Å². The summed E-state index contributed by atoms with van der Waals surface area (Å²) in [5, 5.41) is 26.4. The van der Waals surface area contributed by atoms with Crippen LogP contribution in [0.4, 0.5) is 0 Å². The van der Waals surface area contributed by atoms with Crippen molar-refractivity contribution in [2.45, 2.75) is 68.7 Å². The Bertz CT molecular complexity index is 1460. The second-order valence-electron chi connectivity index (χ2n) is 11.5. The summed E-state index contributed by atoms with van der Waals surface area (Å²) < 4.78 is 29.9. The quantitative estimate of drug-likeness (QED) is 0.106. The summed E-state index contributed by atoms with van der Waals surface area (Å²) in [4.78, 5) is 37.0. The number of aliphatic hydroxyl groups excluding tert-OH is 2. The lowest BCUT2D eigenvalue weighted by atomic mass is 9.99. The van der Waals surface area contributed by atoms with E-state index in [0.717, 1.165) is 23.8 Å². The van der Waals surface area contributed by atoms with Crippen molar-refractivity contribution in [1.82, 2.24) is 10.6 Å². The van der Waals surface area contributed by atoms with E-state index >= 15 is 0 Å². The molecule has 7 atom stereocenters. The minimum absolute atomic E-state index is 0.0554. The maximum atomic E-state index is 13.0. The molecule has 12 nitrogen and oxygen atoms in total. The number of benzene rings is 3. The maximum absolute atomic E-state index is 13.0. The molecule has 0 aliphatic carbocycles. The van der Waals surface area contributed by atoms with Crippen LogP contribution in [0.2, 0.25) is 0 Å². The molecule has 2 amide bonds. The van der Waals surface area contributed by atoms with Crippen LogP contribution >= 0.6 is 21.6 Å². The molecule has 4 rings (SSSR count). The summed E-state index contributed by atoms with van der Waals surface area (Å²) in [6.07, 6.45) is -3.48. The smallest absolute Gasteiger partial charge is 0.330 e. The molecule has 1 heterocycles. The Balaban J connectivity index is 1.51. The minimum atomic E-state index is -1.29. The lowest BCUT2D eigenvalue weighted by Gasteiger charge is -2.44. The number of aliphatic hydroxyl groups is 2. The van der Waals surface area contributed by atoms with Crippen molar-refractivity contribution < 1.29 is 48.3 Å². The monoisotopic (exact) mass is 728 g/mol. The van der Waals surface area contributed by atoms with Crippen LogP contribution in [0.25, 0.3) is 0 Å². The van der Waals surface area contributed by atoms with Crippen molar-refractivity contribution in [3.8, 4) is 0 Å². The number of ether oxygens (including phenoxy) is 5. The molecule has 0 saturated carbocycles. The normalized spacial score (nSPS) is 21.5. The average Bonchev–Trinajstić information content (AvgIpc) is 3.13. The Morgan fingerprint density at radius 3 is 1.86 bits per heavy atom. The number of hydrogen-bond donors (Lipinski definition) is 4. The Kier molecular flexibility index (Phi) is 16.5. The van der Waals surface area contributed by atoms with Gasteiger partial charge in [-0.1, -0.05) is 113 Å². The van der Waals surface area contributed by atoms with Gasteiger partial charge >= 0.3 is 5.97 Å². The summed E-state index contributed by atoms with van der Waals surface area (Å²) in [6, 6.07) is 26.5. The molecular weight excluding hydrogens is 685 g/mol. The molecule has 3 aromatic carbocycles. The molecule has 1 aliphatic rings. The van der Waals surface area contributed by atoms with Crippen molar-refractivity contribution in [2.75, 3.05) is 26.1 Å². The van der Waals surface area contributed by atoms with Gasteiger partial charge in [-0.2, -0.15) is 0 Å². The van der Waals surface area contributed by atoms with Gasteiger partial charge in [-0.15, -0.1) is 0 Å². The lowest BCUT2D eigenvalue weighted by molar-refractivity contribution is -0.240. The van der Waals surface area contributed by atoms with Crippen LogP contribution < -0.4 is 10.6 Å². The Morgan fingerprint density at radius 2 is 1.34 bits per heavy atom. The highest BCUT2D eigenvalue weighted by Crippen LogP contribution is 2.39. The first-order chi connectivity index (χ1) is 24.3. The molecule has 270 valence electrons. The number of nitrogens with one attached hydrogen (secondary N) is 2. The second-order valence-corrected chi connectivity index (χ2v) is 14.0. The first-order valence-electron chi connectivity index (χ1n) is 16.1. The van der Waals surface area contributed by atoms with E-state index < -0.39 is 66.3 Å². The molecule has 1 saturated heterocycles. The average molecular weight is 729 g/mol. The SMILES string of the molecule is COC(=O)C(CO)NC(=O)C(CSSC1OC(COCc2ccccc2)C(OCc2ccccc2)C(O)C1OCc1ccccc1)NC(C)=O. The number of carbonyl (C=O) groups is 3. The third-order valence-corrected chi connectivity index (χ3v) is 10.2. The molecule has 3 aromatic rings. The van der Waals surface area contributed by atoms with Gasteiger partial charge in [-0.3, -0.25) is 9.59 Å². The highest BCUT2D eigenvalue weighted by molar-refractivity contribution is 8.76. The fraction of sp³-hybridized carbons (Fsp3) is 0.417. The van der Waals surface area contributed by atoms with Gasteiger partial charge in [0.1, 0.15) is 35.9 Å². The zero-order chi connectivity index (χ0) is 35.7. The zero-order valence-electron chi connectivity index (χ0n) is 27.9. The minimum Gasteiger partial charge on any atom is -0.467 e. The molecule has 1 aliphatic heterocycles. The van der Waals surface area contributed by atoms with Crippen molar-refractivity contribution in [1.29, 1.82) is 0 Å². The number of esters is 1. The van der Waals surface area contributed by atoms with Gasteiger partial charge in [0.15, 0.2) is 6.04 Å². The summed E-state index contributed by atoms with van der Waals surface area (Å²) in [5.74, 6) is -1.91. The fourth-order valence-corrected chi connectivity index (χ4v) is 7.72. The number of hydrogen-bond acceptors (Lipinski definition) is 12. The first-order valence-corrected chi connectivity index (χ1v) is 18.5. The highest BCUT2D eigenvalue weighted by atomic mass is 33.1. The molecule has 4 N–H and O–H groups in total. The van der Waals surface area contributed by atoms with Gasteiger partial charge in [0.2, 0.25) is 11.8 Å².